The SMILES string of the molecule is CCN1C(=O)CC(N)C1c1ccc(C(C)(C)C)cc1. The summed E-state index contributed by atoms with van der Waals surface area (Å²) in [5, 5.41) is 0. The number of hydrogen-bond acceptors (Lipinski definition) is 2. The molecule has 1 aliphatic rings. The standard InChI is InChI=1S/C16H24N2O/c1-5-18-14(19)10-13(17)15(18)11-6-8-12(9-7-11)16(2,3)4/h6-9,13,15H,5,10,17H2,1-4H3. The Bertz CT molecular complexity index is 459. The Morgan fingerprint density at radius 3 is 2.32 bits per heavy atom. The number of likely N-dealkylation sites (N-methyl/N-ethyl adjacent to an activating group) is 1. The van der Waals surface area contributed by atoms with Crippen LogP contribution in [-0.4, -0.2) is 23.4 Å². The van der Waals surface area contributed by atoms with Gasteiger partial charge in [-0.3, -0.25) is 4.79 Å². The molecule has 1 aromatic rings. The van der Waals surface area contributed by atoms with Crippen LogP contribution in [0.25, 0.3) is 0 Å². The molecule has 0 saturated carbocycles. The molecule has 0 spiro atoms. The van der Waals surface area contributed by atoms with Gasteiger partial charge >= 0.3 is 0 Å². The topological polar surface area (TPSA) is 46.3 Å². The molecular weight excluding hydrogens is 236 g/mol. The van der Waals surface area contributed by atoms with Crippen LogP contribution in [0, 0.1) is 0 Å². The van der Waals surface area contributed by atoms with Gasteiger partial charge in [-0.05, 0) is 23.5 Å². The highest BCUT2D eigenvalue weighted by atomic mass is 16.2. The average molecular weight is 260 g/mol. The van der Waals surface area contributed by atoms with Crippen molar-refractivity contribution in [1.82, 2.24) is 4.90 Å². The van der Waals surface area contributed by atoms with Crippen LogP contribution in [0.4, 0.5) is 0 Å². The Balaban J connectivity index is 2.29. The summed E-state index contributed by atoms with van der Waals surface area (Å²) in [5.74, 6) is 0.167. The number of nitrogens with two attached hydrogens (primary N) is 1. The third-order valence-electron chi connectivity index (χ3n) is 3.93. The van der Waals surface area contributed by atoms with Crippen molar-refractivity contribution in [2.24, 2.45) is 5.73 Å². The van der Waals surface area contributed by atoms with E-state index in [1.165, 1.54) is 5.56 Å². The van der Waals surface area contributed by atoms with Crippen LogP contribution in [0.3, 0.4) is 0 Å². The van der Waals surface area contributed by atoms with Crippen LogP contribution < -0.4 is 5.73 Å². The molecule has 3 heteroatoms. The van der Waals surface area contributed by atoms with Gasteiger partial charge in [0.25, 0.3) is 0 Å². The smallest absolute Gasteiger partial charge is 0.224 e. The molecule has 0 radical (unpaired) electrons. The third-order valence-corrected chi connectivity index (χ3v) is 3.93. The van der Waals surface area contributed by atoms with Gasteiger partial charge in [-0.25, -0.2) is 0 Å². The number of hydrogen-bond donors (Lipinski definition) is 1. The second-order valence-electron chi connectivity index (χ2n) is 6.36. The summed E-state index contributed by atoms with van der Waals surface area (Å²) in [6.45, 7) is 9.33. The Morgan fingerprint density at radius 2 is 1.84 bits per heavy atom. The highest BCUT2D eigenvalue weighted by Gasteiger charge is 2.37. The van der Waals surface area contributed by atoms with Crippen LogP contribution in [0.15, 0.2) is 24.3 Å². The molecule has 19 heavy (non-hydrogen) atoms. The fourth-order valence-corrected chi connectivity index (χ4v) is 2.80. The van der Waals surface area contributed by atoms with E-state index >= 15 is 0 Å². The maximum absolute atomic E-state index is 11.9. The molecule has 0 aromatic heterocycles. The van der Waals surface area contributed by atoms with E-state index in [4.69, 9.17) is 5.73 Å². The highest BCUT2D eigenvalue weighted by Crippen LogP contribution is 2.33. The van der Waals surface area contributed by atoms with Gasteiger partial charge in [0.05, 0.1) is 6.04 Å². The van der Waals surface area contributed by atoms with Crippen molar-refractivity contribution in [3.05, 3.63) is 35.4 Å². The zero-order chi connectivity index (χ0) is 14.2. The number of carbonyl (C=O) groups excluding carboxylic acids is 1. The normalized spacial score (nSPS) is 24.1. The van der Waals surface area contributed by atoms with Gasteiger partial charge < -0.3 is 10.6 Å². The predicted octanol–water partition coefficient (Wildman–Crippen LogP) is 2.60. The summed E-state index contributed by atoms with van der Waals surface area (Å²) in [6, 6.07) is 8.48. The van der Waals surface area contributed by atoms with Gasteiger partial charge in [0.1, 0.15) is 0 Å². The van der Waals surface area contributed by atoms with E-state index in [0.717, 1.165) is 12.1 Å². The number of carbonyl (C=O) groups is 1. The minimum Gasteiger partial charge on any atom is -0.334 e. The number of amides is 1. The molecule has 1 aliphatic heterocycles. The lowest BCUT2D eigenvalue weighted by Gasteiger charge is -2.27. The first-order chi connectivity index (χ1) is 8.84. The van der Waals surface area contributed by atoms with Crippen LogP contribution in [-0.2, 0) is 10.2 Å². The van der Waals surface area contributed by atoms with E-state index in [9.17, 15) is 4.79 Å². The summed E-state index contributed by atoms with van der Waals surface area (Å²) in [4.78, 5) is 13.8. The second-order valence-corrected chi connectivity index (χ2v) is 6.36. The van der Waals surface area contributed by atoms with Crippen molar-refractivity contribution in [3.8, 4) is 0 Å². The predicted molar refractivity (Wildman–Crippen MR) is 77.9 cm³/mol. The van der Waals surface area contributed by atoms with Crippen molar-refractivity contribution in [2.45, 2.75) is 51.6 Å². The van der Waals surface area contributed by atoms with Crippen LogP contribution >= 0.6 is 0 Å². The van der Waals surface area contributed by atoms with E-state index in [0.29, 0.717) is 6.42 Å². The second kappa shape index (κ2) is 4.97. The van der Waals surface area contributed by atoms with E-state index in [-0.39, 0.29) is 23.4 Å². The first kappa shape index (κ1) is 14.1. The molecule has 1 amide bonds. The number of likely N-dealkylation sites (tertiary alicyclic amines) is 1. The van der Waals surface area contributed by atoms with E-state index in [2.05, 4.69) is 45.0 Å². The van der Waals surface area contributed by atoms with E-state index < -0.39 is 0 Å². The summed E-state index contributed by atoms with van der Waals surface area (Å²) in [5.41, 5.74) is 8.73. The Labute approximate surface area is 115 Å². The largest absolute Gasteiger partial charge is 0.334 e. The minimum absolute atomic E-state index is 0.0338. The van der Waals surface area contributed by atoms with Gasteiger partial charge in [-0.1, -0.05) is 45.0 Å². The lowest BCUT2D eigenvalue weighted by molar-refractivity contribution is -0.128. The summed E-state index contributed by atoms with van der Waals surface area (Å²) >= 11 is 0. The quantitative estimate of drug-likeness (QED) is 0.888. The first-order valence-electron chi connectivity index (χ1n) is 7.00. The third kappa shape index (κ3) is 2.66. The molecule has 1 saturated heterocycles. The van der Waals surface area contributed by atoms with Crippen LogP contribution in [0.5, 0.6) is 0 Å². The molecule has 104 valence electrons. The van der Waals surface area contributed by atoms with Crippen molar-refractivity contribution in [2.75, 3.05) is 6.54 Å². The lowest BCUT2D eigenvalue weighted by atomic mass is 9.86. The molecule has 1 heterocycles. The van der Waals surface area contributed by atoms with Gasteiger partial charge in [-0.2, -0.15) is 0 Å². The van der Waals surface area contributed by atoms with Crippen molar-refractivity contribution >= 4 is 5.91 Å². The molecule has 2 atom stereocenters. The average Bonchev–Trinajstić information content (AvgIpc) is 2.62. The van der Waals surface area contributed by atoms with Crippen molar-refractivity contribution < 1.29 is 4.79 Å². The number of benzene rings is 1. The summed E-state index contributed by atoms with van der Waals surface area (Å²) in [7, 11) is 0. The van der Waals surface area contributed by atoms with Crippen LogP contribution in [0.2, 0.25) is 0 Å². The number of rotatable bonds is 2. The molecule has 1 fully saturated rings. The Kier molecular flexibility index (Phi) is 3.68. The Hall–Kier alpha value is -1.35. The monoisotopic (exact) mass is 260 g/mol. The fraction of sp³-hybridized carbons (Fsp3) is 0.562. The molecule has 0 aliphatic carbocycles. The van der Waals surface area contributed by atoms with E-state index in [1.807, 2.05) is 11.8 Å². The highest BCUT2D eigenvalue weighted by molar-refractivity contribution is 5.80. The molecule has 0 bridgehead atoms. The van der Waals surface area contributed by atoms with Crippen molar-refractivity contribution in [1.29, 1.82) is 0 Å². The molecule has 1 aromatic carbocycles. The molecule has 2 N–H and O–H groups in total. The maximum Gasteiger partial charge on any atom is 0.224 e. The molecule has 3 nitrogen and oxygen atoms in total. The zero-order valence-corrected chi connectivity index (χ0v) is 12.3. The zero-order valence-electron chi connectivity index (χ0n) is 12.3. The van der Waals surface area contributed by atoms with Gasteiger partial charge in [-0.15, -0.1) is 0 Å². The van der Waals surface area contributed by atoms with Crippen LogP contribution in [0.1, 0.15) is 51.3 Å². The first-order valence-corrected chi connectivity index (χ1v) is 7.00. The van der Waals surface area contributed by atoms with Gasteiger partial charge in [0.2, 0.25) is 5.91 Å². The minimum atomic E-state index is -0.0899. The molecule has 2 rings (SSSR count). The van der Waals surface area contributed by atoms with Gasteiger partial charge in [0, 0.05) is 19.0 Å². The lowest BCUT2D eigenvalue weighted by Crippen LogP contribution is -2.32. The summed E-state index contributed by atoms with van der Waals surface area (Å²) < 4.78 is 0. The summed E-state index contributed by atoms with van der Waals surface area (Å²) in [6.07, 6.45) is 0.458. The maximum atomic E-state index is 11.9. The fourth-order valence-electron chi connectivity index (χ4n) is 2.80. The van der Waals surface area contributed by atoms with Gasteiger partial charge in [0.15, 0.2) is 0 Å². The number of nitrogens with zero attached hydrogens (tertiary/aromatic N) is 1. The molecular formula is C16H24N2O. The molecule has 2 unspecified atom stereocenters. The van der Waals surface area contributed by atoms with Crippen molar-refractivity contribution in [3.63, 3.8) is 0 Å². The Morgan fingerprint density at radius 1 is 1.26 bits per heavy atom. The van der Waals surface area contributed by atoms with E-state index in [1.54, 1.807) is 0 Å².